The van der Waals surface area contributed by atoms with Crippen LogP contribution in [0, 0.1) is 0 Å². The second kappa shape index (κ2) is 4.72. The number of aliphatic hydroxyl groups excluding tert-OH is 1. The molecular weight excluding hydrogens is 194 g/mol. The Labute approximate surface area is 90.1 Å². The molecule has 5 nitrogen and oxygen atoms in total. The van der Waals surface area contributed by atoms with Crippen LogP contribution in [0.15, 0.2) is 6.20 Å². The van der Waals surface area contributed by atoms with Gasteiger partial charge in [0.05, 0.1) is 17.9 Å². The van der Waals surface area contributed by atoms with E-state index >= 15 is 0 Å². The summed E-state index contributed by atoms with van der Waals surface area (Å²) in [5.74, 6) is 0. The first-order valence-electron chi connectivity index (χ1n) is 5.08. The van der Waals surface area contributed by atoms with Crippen LogP contribution in [0.5, 0.6) is 0 Å². The Kier molecular flexibility index (Phi) is 3.82. The zero-order valence-corrected chi connectivity index (χ0v) is 9.77. The zero-order chi connectivity index (χ0) is 11.5. The maximum absolute atomic E-state index is 9.27. The minimum absolute atomic E-state index is 0.156. The topological polar surface area (TPSA) is 60.2 Å². The van der Waals surface area contributed by atoms with Crippen LogP contribution >= 0.6 is 0 Å². The van der Waals surface area contributed by atoms with Crippen molar-refractivity contribution in [3.05, 3.63) is 11.9 Å². The van der Waals surface area contributed by atoms with Crippen LogP contribution in [0.1, 0.15) is 39.0 Å². The van der Waals surface area contributed by atoms with E-state index in [9.17, 15) is 5.11 Å². The van der Waals surface area contributed by atoms with Crippen molar-refractivity contribution in [1.82, 2.24) is 15.0 Å². The summed E-state index contributed by atoms with van der Waals surface area (Å²) in [4.78, 5) is 0. The van der Waals surface area contributed by atoms with Crippen LogP contribution in [-0.4, -0.2) is 32.8 Å². The Morgan fingerprint density at radius 1 is 1.60 bits per heavy atom. The van der Waals surface area contributed by atoms with Crippen molar-refractivity contribution >= 4 is 0 Å². The fourth-order valence-electron chi connectivity index (χ4n) is 1.10. The summed E-state index contributed by atoms with van der Waals surface area (Å²) in [5, 5.41) is 17.1. The van der Waals surface area contributed by atoms with Crippen LogP contribution in [0.2, 0.25) is 0 Å². The van der Waals surface area contributed by atoms with Crippen molar-refractivity contribution in [2.45, 2.75) is 45.4 Å². The first-order chi connectivity index (χ1) is 6.94. The molecule has 0 fully saturated rings. The van der Waals surface area contributed by atoms with Gasteiger partial charge in [0.15, 0.2) is 0 Å². The van der Waals surface area contributed by atoms with Crippen LogP contribution in [0.25, 0.3) is 0 Å². The van der Waals surface area contributed by atoms with Gasteiger partial charge in [-0.3, -0.25) is 4.68 Å². The van der Waals surface area contributed by atoms with Crippen molar-refractivity contribution in [2.24, 2.45) is 0 Å². The average Bonchev–Trinajstić information content (AvgIpc) is 2.63. The molecule has 0 amide bonds. The van der Waals surface area contributed by atoms with E-state index in [1.807, 2.05) is 13.8 Å². The smallest absolute Gasteiger partial charge is 0.111 e. The van der Waals surface area contributed by atoms with E-state index in [-0.39, 0.29) is 5.60 Å². The summed E-state index contributed by atoms with van der Waals surface area (Å²) >= 11 is 0. The second-order valence-electron chi connectivity index (χ2n) is 4.30. The van der Waals surface area contributed by atoms with E-state index in [1.165, 1.54) is 0 Å². The summed E-state index contributed by atoms with van der Waals surface area (Å²) in [6, 6.07) is 0. The van der Waals surface area contributed by atoms with Gasteiger partial charge >= 0.3 is 0 Å². The molecule has 0 aromatic carbocycles. The number of hydrogen-bond donors (Lipinski definition) is 1. The van der Waals surface area contributed by atoms with Gasteiger partial charge in [-0.1, -0.05) is 5.21 Å². The van der Waals surface area contributed by atoms with Crippen molar-refractivity contribution < 1.29 is 9.84 Å². The van der Waals surface area contributed by atoms with Crippen molar-refractivity contribution in [3.8, 4) is 0 Å². The van der Waals surface area contributed by atoms with Gasteiger partial charge in [-0.2, -0.15) is 0 Å². The molecule has 0 saturated carbocycles. The number of rotatable bonds is 5. The molecule has 86 valence electrons. The third-order valence-electron chi connectivity index (χ3n) is 2.48. The third-order valence-corrected chi connectivity index (χ3v) is 2.48. The summed E-state index contributed by atoms with van der Waals surface area (Å²) in [5.41, 5.74) is 0.446. The number of nitrogens with zero attached hydrogens (tertiary/aromatic N) is 3. The summed E-state index contributed by atoms with van der Waals surface area (Å²) < 4.78 is 7.03. The van der Waals surface area contributed by atoms with Crippen molar-refractivity contribution in [1.29, 1.82) is 0 Å². The summed E-state index contributed by atoms with van der Waals surface area (Å²) in [6.45, 7) is 6.47. The van der Waals surface area contributed by atoms with Gasteiger partial charge in [-0.25, -0.2) is 0 Å². The minimum Gasteiger partial charge on any atom is -0.387 e. The molecule has 1 N–H and O–H groups in total. The third kappa shape index (κ3) is 3.60. The predicted octanol–water partition coefficient (Wildman–Crippen LogP) is 1.15. The van der Waals surface area contributed by atoms with Crippen LogP contribution in [-0.2, 0) is 11.3 Å². The van der Waals surface area contributed by atoms with Crippen LogP contribution in [0.4, 0.5) is 0 Å². The van der Waals surface area contributed by atoms with E-state index in [4.69, 9.17) is 4.74 Å². The van der Waals surface area contributed by atoms with E-state index < -0.39 is 6.10 Å². The molecule has 1 rings (SSSR count). The van der Waals surface area contributed by atoms with Gasteiger partial charge < -0.3 is 9.84 Å². The Hall–Kier alpha value is -0.940. The Morgan fingerprint density at radius 2 is 2.27 bits per heavy atom. The Balaban J connectivity index is 2.51. The van der Waals surface area contributed by atoms with Crippen LogP contribution < -0.4 is 0 Å². The molecule has 1 atom stereocenters. The number of methoxy groups -OCH3 is 1. The molecule has 0 saturated heterocycles. The lowest BCUT2D eigenvalue weighted by Gasteiger charge is -2.22. The lowest BCUT2D eigenvalue weighted by molar-refractivity contribution is 0.0112. The van der Waals surface area contributed by atoms with Crippen molar-refractivity contribution in [3.63, 3.8) is 0 Å². The second-order valence-corrected chi connectivity index (χ2v) is 4.30. The molecule has 5 heteroatoms. The summed E-state index contributed by atoms with van der Waals surface area (Å²) in [6.07, 6.45) is 2.05. The molecule has 1 heterocycles. The van der Waals surface area contributed by atoms with Gasteiger partial charge in [0.2, 0.25) is 0 Å². The largest absolute Gasteiger partial charge is 0.387 e. The highest BCUT2D eigenvalue weighted by molar-refractivity contribution is 4.95. The highest BCUT2D eigenvalue weighted by atomic mass is 16.5. The lowest BCUT2D eigenvalue weighted by Crippen LogP contribution is -2.24. The molecular formula is C10H19N3O2. The fourth-order valence-corrected chi connectivity index (χ4v) is 1.10. The Bertz CT molecular complexity index is 307. The minimum atomic E-state index is -0.561. The Morgan fingerprint density at radius 3 is 2.73 bits per heavy atom. The molecule has 0 aliphatic heterocycles. The highest BCUT2D eigenvalue weighted by Gasteiger charge is 2.16. The molecule has 1 aromatic rings. The first kappa shape index (κ1) is 12.1. The molecule has 0 aliphatic carbocycles. The molecule has 0 radical (unpaired) electrons. The number of aromatic nitrogens is 3. The summed E-state index contributed by atoms with van der Waals surface area (Å²) in [7, 11) is 1.70. The quantitative estimate of drug-likeness (QED) is 0.797. The number of aliphatic hydroxyl groups is 1. The van der Waals surface area contributed by atoms with Crippen molar-refractivity contribution in [2.75, 3.05) is 7.11 Å². The number of hydrogen-bond acceptors (Lipinski definition) is 4. The molecule has 0 aliphatic rings. The van der Waals surface area contributed by atoms with E-state index in [0.29, 0.717) is 5.69 Å². The number of ether oxygens (including phenoxy) is 1. The molecule has 1 unspecified atom stereocenters. The standard InChI is InChI=1S/C10H19N3O2/c1-8(14)9-7-13(12-11-9)6-5-10(2,3)15-4/h7-8,14H,5-6H2,1-4H3. The average molecular weight is 213 g/mol. The predicted molar refractivity (Wildman–Crippen MR) is 56.4 cm³/mol. The molecule has 15 heavy (non-hydrogen) atoms. The van der Waals surface area contributed by atoms with Gasteiger partial charge in [0, 0.05) is 13.7 Å². The molecule has 0 bridgehead atoms. The maximum atomic E-state index is 9.27. The molecule has 1 aromatic heterocycles. The van der Waals surface area contributed by atoms with Crippen LogP contribution in [0.3, 0.4) is 0 Å². The monoisotopic (exact) mass is 213 g/mol. The normalized spacial score (nSPS) is 14.2. The highest BCUT2D eigenvalue weighted by Crippen LogP contribution is 2.14. The van der Waals surface area contributed by atoms with Gasteiger partial charge in [-0.05, 0) is 27.2 Å². The molecule has 0 spiro atoms. The SMILES string of the molecule is COC(C)(C)CCn1cc(C(C)O)nn1. The number of aryl methyl sites for hydroxylation is 1. The van der Waals surface area contributed by atoms with E-state index in [0.717, 1.165) is 13.0 Å². The maximum Gasteiger partial charge on any atom is 0.111 e. The van der Waals surface area contributed by atoms with E-state index in [1.54, 1.807) is 24.9 Å². The lowest BCUT2D eigenvalue weighted by atomic mass is 10.1. The fraction of sp³-hybridized carbons (Fsp3) is 0.800. The van der Waals surface area contributed by atoms with Gasteiger partial charge in [0.1, 0.15) is 5.69 Å². The van der Waals surface area contributed by atoms with Gasteiger partial charge in [0.25, 0.3) is 0 Å². The van der Waals surface area contributed by atoms with Gasteiger partial charge in [-0.15, -0.1) is 5.10 Å². The zero-order valence-electron chi connectivity index (χ0n) is 9.77. The first-order valence-corrected chi connectivity index (χ1v) is 5.08. The van der Waals surface area contributed by atoms with E-state index in [2.05, 4.69) is 10.3 Å².